The first-order valence-corrected chi connectivity index (χ1v) is 9.56. The van der Waals surface area contributed by atoms with E-state index in [1.807, 2.05) is 12.1 Å². The van der Waals surface area contributed by atoms with Gasteiger partial charge in [-0.05, 0) is 41.3 Å². The second-order valence-corrected chi connectivity index (χ2v) is 6.73. The summed E-state index contributed by atoms with van der Waals surface area (Å²) in [7, 11) is 0. The van der Waals surface area contributed by atoms with Crippen LogP contribution in [0.1, 0.15) is 32.3 Å². The van der Waals surface area contributed by atoms with Crippen LogP contribution in [0.15, 0.2) is 48.5 Å². The lowest BCUT2D eigenvalue weighted by molar-refractivity contribution is 0.0119. The number of unbranched alkanes of at least 4 members (excludes halogenated alkanes) is 1. The highest BCUT2D eigenvalue weighted by Crippen LogP contribution is 2.35. The van der Waals surface area contributed by atoms with Gasteiger partial charge in [-0.1, -0.05) is 56.7 Å². The monoisotopic (exact) mass is 352 g/mol. The fourth-order valence-corrected chi connectivity index (χ4v) is 3.14. The number of hydrogen-bond donors (Lipinski definition) is 1. The molecule has 3 aromatic rings. The topological polar surface area (TPSA) is 38.7 Å². The van der Waals surface area contributed by atoms with Crippen molar-refractivity contribution in [3.63, 3.8) is 0 Å². The highest BCUT2D eigenvalue weighted by molar-refractivity contribution is 6.05. The van der Waals surface area contributed by atoms with Crippen LogP contribution in [0.2, 0.25) is 0 Å². The van der Waals surface area contributed by atoms with Gasteiger partial charge in [0.1, 0.15) is 18.5 Å². The number of aryl methyl sites for hydroxylation is 1. The molecule has 3 nitrogen and oxygen atoms in total. The summed E-state index contributed by atoms with van der Waals surface area (Å²) >= 11 is 0. The lowest BCUT2D eigenvalue weighted by Gasteiger charge is -2.17. The third-order valence-electron chi connectivity index (χ3n) is 4.66. The van der Waals surface area contributed by atoms with Crippen molar-refractivity contribution in [2.75, 3.05) is 19.8 Å². The molecule has 1 N–H and O–H groups in total. The van der Waals surface area contributed by atoms with Crippen LogP contribution in [0.5, 0.6) is 5.75 Å². The average molecular weight is 352 g/mol. The van der Waals surface area contributed by atoms with Crippen molar-refractivity contribution >= 4 is 21.5 Å². The van der Waals surface area contributed by atoms with Gasteiger partial charge in [0.2, 0.25) is 0 Å². The second kappa shape index (κ2) is 9.02. The number of aliphatic hydroxyl groups is 1. The van der Waals surface area contributed by atoms with Crippen LogP contribution in [0, 0.1) is 0 Å². The average Bonchev–Trinajstić information content (AvgIpc) is 2.68. The van der Waals surface area contributed by atoms with E-state index in [2.05, 4.69) is 50.2 Å². The third-order valence-corrected chi connectivity index (χ3v) is 4.66. The van der Waals surface area contributed by atoms with Gasteiger partial charge in [-0.3, -0.25) is 0 Å². The SMILES string of the molecule is CCCCOCC(O)COc1c2ccccc2cc2ccc(CC)cc12. The molecule has 138 valence electrons. The smallest absolute Gasteiger partial charge is 0.135 e. The summed E-state index contributed by atoms with van der Waals surface area (Å²) in [6.45, 7) is 5.50. The van der Waals surface area contributed by atoms with Crippen molar-refractivity contribution in [3.05, 3.63) is 54.1 Å². The zero-order valence-corrected chi connectivity index (χ0v) is 15.7. The summed E-state index contributed by atoms with van der Waals surface area (Å²) < 4.78 is 11.6. The fraction of sp³-hybridized carbons (Fsp3) is 0.391. The molecule has 1 unspecified atom stereocenters. The summed E-state index contributed by atoms with van der Waals surface area (Å²) in [5, 5.41) is 14.7. The minimum atomic E-state index is -0.629. The number of fused-ring (bicyclic) bond motifs is 2. The Hall–Kier alpha value is -2.10. The van der Waals surface area contributed by atoms with Crippen LogP contribution in [0.4, 0.5) is 0 Å². The normalized spacial score (nSPS) is 12.6. The standard InChI is InChI=1S/C23H28O3/c1-3-5-12-25-15-20(24)16-26-23-21-9-7-6-8-18(21)14-19-11-10-17(4-2)13-22(19)23/h6-11,13-14,20,24H,3-5,12,15-16H2,1-2H3. The Kier molecular flexibility index (Phi) is 6.48. The molecular formula is C23H28O3. The molecule has 0 spiro atoms. The second-order valence-electron chi connectivity index (χ2n) is 6.73. The van der Waals surface area contributed by atoms with Crippen molar-refractivity contribution in [2.24, 2.45) is 0 Å². The summed E-state index contributed by atoms with van der Waals surface area (Å²) in [6.07, 6.45) is 2.46. The van der Waals surface area contributed by atoms with Crippen molar-refractivity contribution in [3.8, 4) is 5.75 Å². The lowest BCUT2D eigenvalue weighted by Crippen LogP contribution is -2.23. The molecule has 1 atom stereocenters. The summed E-state index contributed by atoms with van der Waals surface area (Å²) in [6, 6.07) is 16.9. The van der Waals surface area contributed by atoms with Crippen LogP contribution < -0.4 is 4.74 Å². The summed E-state index contributed by atoms with van der Waals surface area (Å²) in [5.74, 6) is 0.848. The molecule has 0 aliphatic rings. The van der Waals surface area contributed by atoms with Gasteiger partial charge in [0.05, 0.1) is 6.61 Å². The van der Waals surface area contributed by atoms with E-state index in [0.29, 0.717) is 13.2 Å². The van der Waals surface area contributed by atoms with Crippen molar-refractivity contribution in [1.82, 2.24) is 0 Å². The third kappa shape index (κ3) is 4.35. The first-order chi connectivity index (χ1) is 12.7. The maximum atomic E-state index is 10.2. The highest BCUT2D eigenvalue weighted by atomic mass is 16.5. The van der Waals surface area contributed by atoms with Crippen molar-refractivity contribution in [1.29, 1.82) is 0 Å². The van der Waals surface area contributed by atoms with Crippen LogP contribution >= 0.6 is 0 Å². The predicted molar refractivity (Wildman–Crippen MR) is 108 cm³/mol. The molecule has 0 heterocycles. The van der Waals surface area contributed by atoms with Crippen molar-refractivity contribution < 1.29 is 14.6 Å². The number of benzene rings is 3. The number of hydrogen-bond acceptors (Lipinski definition) is 3. The van der Waals surface area contributed by atoms with Gasteiger partial charge in [0.25, 0.3) is 0 Å². The van der Waals surface area contributed by atoms with E-state index in [1.54, 1.807) is 0 Å². The molecule has 0 amide bonds. The van der Waals surface area contributed by atoms with Gasteiger partial charge >= 0.3 is 0 Å². The molecule has 26 heavy (non-hydrogen) atoms. The fourth-order valence-electron chi connectivity index (χ4n) is 3.14. The largest absolute Gasteiger partial charge is 0.489 e. The van der Waals surface area contributed by atoms with E-state index in [0.717, 1.165) is 46.6 Å². The molecule has 0 radical (unpaired) electrons. The van der Waals surface area contributed by atoms with Gasteiger partial charge in [0, 0.05) is 17.4 Å². The molecule has 0 bridgehead atoms. The van der Waals surface area contributed by atoms with Gasteiger partial charge in [-0.25, -0.2) is 0 Å². The molecule has 0 fully saturated rings. The van der Waals surface area contributed by atoms with E-state index in [9.17, 15) is 5.11 Å². The maximum absolute atomic E-state index is 10.2. The molecule has 3 rings (SSSR count). The van der Waals surface area contributed by atoms with Gasteiger partial charge < -0.3 is 14.6 Å². The Morgan fingerprint density at radius 1 is 0.923 bits per heavy atom. The minimum absolute atomic E-state index is 0.228. The van der Waals surface area contributed by atoms with Crippen LogP contribution in [-0.4, -0.2) is 31.0 Å². The lowest BCUT2D eigenvalue weighted by atomic mass is 9.99. The summed E-state index contributed by atoms with van der Waals surface area (Å²) in [5.41, 5.74) is 1.28. The summed E-state index contributed by atoms with van der Waals surface area (Å²) in [4.78, 5) is 0. The van der Waals surface area contributed by atoms with Gasteiger partial charge in [-0.15, -0.1) is 0 Å². The Labute approximate surface area is 155 Å². The van der Waals surface area contributed by atoms with E-state index in [1.165, 1.54) is 5.56 Å². The maximum Gasteiger partial charge on any atom is 0.135 e. The Morgan fingerprint density at radius 3 is 2.54 bits per heavy atom. The Balaban J connectivity index is 1.86. The zero-order chi connectivity index (χ0) is 18.4. The van der Waals surface area contributed by atoms with Crippen molar-refractivity contribution in [2.45, 2.75) is 39.2 Å². The Morgan fingerprint density at radius 2 is 1.73 bits per heavy atom. The molecule has 3 heteroatoms. The Bertz CT molecular complexity index is 857. The number of ether oxygens (including phenoxy) is 2. The van der Waals surface area contributed by atoms with E-state index in [4.69, 9.17) is 9.47 Å². The molecule has 0 saturated heterocycles. The van der Waals surface area contributed by atoms with E-state index >= 15 is 0 Å². The molecule has 0 aliphatic carbocycles. The van der Waals surface area contributed by atoms with E-state index in [-0.39, 0.29) is 6.61 Å². The van der Waals surface area contributed by atoms with Gasteiger partial charge in [-0.2, -0.15) is 0 Å². The zero-order valence-electron chi connectivity index (χ0n) is 15.7. The van der Waals surface area contributed by atoms with Crippen LogP contribution in [0.3, 0.4) is 0 Å². The van der Waals surface area contributed by atoms with Crippen LogP contribution in [-0.2, 0) is 11.2 Å². The predicted octanol–water partition coefficient (Wildman–Crippen LogP) is 5.11. The highest BCUT2D eigenvalue weighted by Gasteiger charge is 2.12. The molecular weight excluding hydrogens is 324 g/mol. The molecule has 0 aliphatic heterocycles. The minimum Gasteiger partial charge on any atom is -0.489 e. The number of rotatable bonds is 9. The number of aliphatic hydroxyl groups excluding tert-OH is 1. The molecule has 0 saturated carbocycles. The van der Waals surface area contributed by atoms with Crippen LogP contribution in [0.25, 0.3) is 21.5 Å². The quantitative estimate of drug-likeness (QED) is 0.429. The first kappa shape index (κ1) is 18.7. The molecule has 3 aromatic carbocycles. The first-order valence-electron chi connectivity index (χ1n) is 9.56. The van der Waals surface area contributed by atoms with E-state index < -0.39 is 6.10 Å². The van der Waals surface area contributed by atoms with Gasteiger partial charge in [0.15, 0.2) is 0 Å². The molecule has 0 aromatic heterocycles.